The zero-order valence-electron chi connectivity index (χ0n) is 10.9. The molecule has 2 rings (SSSR count). The Morgan fingerprint density at radius 2 is 2.06 bits per heavy atom. The second-order valence-electron chi connectivity index (χ2n) is 3.94. The van der Waals surface area contributed by atoms with Crippen LogP contribution in [0.5, 0.6) is 5.75 Å². The van der Waals surface area contributed by atoms with E-state index in [1.54, 1.807) is 25.3 Å². The standard InChI is InChI=1S/C13H17N3O2/c1-4-16(5-2)13-14-11-7-6-9(18-3)8-10(11)12(17)15-13/h6-8H,4-5H2,1-3H3,(H,14,15,17). The van der Waals surface area contributed by atoms with Gasteiger partial charge in [-0.15, -0.1) is 0 Å². The highest BCUT2D eigenvalue weighted by Gasteiger charge is 2.08. The van der Waals surface area contributed by atoms with Crippen LogP contribution in [-0.4, -0.2) is 30.2 Å². The van der Waals surface area contributed by atoms with E-state index in [0.717, 1.165) is 13.1 Å². The summed E-state index contributed by atoms with van der Waals surface area (Å²) in [7, 11) is 1.58. The third-order valence-corrected chi connectivity index (χ3v) is 2.96. The molecule has 0 saturated heterocycles. The van der Waals surface area contributed by atoms with E-state index in [0.29, 0.717) is 22.6 Å². The molecule has 0 radical (unpaired) electrons. The summed E-state index contributed by atoms with van der Waals surface area (Å²) in [6, 6.07) is 5.31. The number of aromatic nitrogens is 2. The minimum Gasteiger partial charge on any atom is -0.497 e. The van der Waals surface area contributed by atoms with Crippen LogP contribution in [0.15, 0.2) is 23.0 Å². The normalized spacial score (nSPS) is 10.6. The van der Waals surface area contributed by atoms with Crippen molar-refractivity contribution in [3.8, 4) is 5.75 Å². The van der Waals surface area contributed by atoms with Crippen molar-refractivity contribution >= 4 is 16.9 Å². The molecule has 0 aliphatic carbocycles. The second kappa shape index (κ2) is 5.08. The summed E-state index contributed by atoms with van der Waals surface area (Å²) in [5.74, 6) is 1.27. The fourth-order valence-electron chi connectivity index (χ4n) is 1.91. The number of rotatable bonds is 4. The van der Waals surface area contributed by atoms with Gasteiger partial charge in [0.2, 0.25) is 5.95 Å². The molecule has 5 nitrogen and oxygen atoms in total. The van der Waals surface area contributed by atoms with Crippen molar-refractivity contribution < 1.29 is 4.74 Å². The molecule has 0 aliphatic rings. The van der Waals surface area contributed by atoms with Gasteiger partial charge in [0.1, 0.15) is 5.75 Å². The van der Waals surface area contributed by atoms with Crippen LogP contribution >= 0.6 is 0 Å². The van der Waals surface area contributed by atoms with E-state index in [1.165, 1.54) is 0 Å². The van der Waals surface area contributed by atoms with Gasteiger partial charge in [-0.1, -0.05) is 0 Å². The first-order valence-electron chi connectivity index (χ1n) is 6.02. The fraction of sp³-hybridized carbons (Fsp3) is 0.385. The number of fused-ring (bicyclic) bond motifs is 1. The fourth-order valence-corrected chi connectivity index (χ4v) is 1.91. The lowest BCUT2D eigenvalue weighted by Crippen LogP contribution is -2.26. The van der Waals surface area contributed by atoms with Gasteiger partial charge >= 0.3 is 0 Å². The lowest BCUT2D eigenvalue weighted by Gasteiger charge is -2.19. The Labute approximate surface area is 105 Å². The lowest BCUT2D eigenvalue weighted by atomic mass is 10.2. The van der Waals surface area contributed by atoms with Crippen LogP contribution in [0.1, 0.15) is 13.8 Å². The lowest BCUT2D eigenvalue weighted by molar-refractivity contribution is 0.415. The topological polar surface area (TPSA) is 58.2 Å². The van der Waals surface area contributed by atoms with Gasteiger partial charge < -0.3 is 9.64 Å². The van der Waals surface area contributed by atoms with Gasteiger partial charge in [-0.25, -0.2) is 4.98 Å². The van der Waals surface area contributed by atoms with Crippen LogP contribution in [0.25, 0.3) is 10.9 Å². The molecule has 1 aromatic heterocycles. The van der Waals surface area contributed by atoms with E-state index in [9.17, 15) is 4.79 Å². The van der Waals surface area contributed by atoms with Crippen LogP contribution in [-0.2, 0) is 0 Å². The molecule has 1 aromatic carbocycles. The van der Waals surface area contributed by atoms with E-state index in [2.05, 4.69) is 9.97 Å². The molecule has 0 aliphatic heterocycles. The van der Waals surface area contributed by atoms with Crippen LogP contribution in [0.4, 0.5) is 5.95 Å². The first kappa shape index (κ1) is 12.4. The van der Waals surface area contributed by atoms with E-state index in [-0.39, 0.29) is 5.56 Å². The van der Waals surface area contributed by atoms with E-state index in [1.807, 2.05) is 18.7 Å². The van der Waals surface area contributed by atoms with Gasteiger partial charge in [0.15, 0.2) is 0 Å². The van der Waals surface area contributed by atoms with Crippen molar-refractivity contribution in [1.82, 2.24) is 9.97 Å². The average Bonchev–Trinajstić information content (AvgIpc) is 2.40. The zero-order valence-corrected chi connectivity index (χ0v) is 10.9. The molecule has 96 valence electrons. The summed E-state index contributed by atoms with van der Waals surface area (Å²) in [4.78, 5) is 21.3. The maximum Gasteiger partial charge on any atom is 0.260 e. The first-order valence-corrected chi connectivity index (χ1v) is 6.02. The average molecular weight is 247 g/mol. The van der Waals surface area contributed by atoms with Crippen molar-refractivity contribution in [3.05, 3.63) is 28.6 Å². The molecule has 0 unspecified atom stereocenters. The predicted octanol–water partition coefficient (Wildman–Crippen LogP) is 1.78. The monoisotopic (exact) mass is 247 g/mol. The summed E-state index contributed by atoms with van der Waals surface area (Å²) in [6.45, 7) is 5.67. The van der Waals surface area contributed by atoms with Gasteiger partial charge in [-0.3, -0.25) is 9.78 Å². The third kappa shape index (κ3) is 2.16. The number of anilines is 1. The number of H-pyrrole nitrogens is 1. The zero-order chi connectivity index (χ0) is 13.1. The van der Waals surface area contributed by atoms with Crippen LogP contribution in [0, 0.1) is 0 Å². The smallest absolute Gasteiger partial charge is 0.260 e. The molecule has 0 amide bonds. The Morgan fingerprint density at radius 3 is 2.67 bits per heavy atom. The maximum atomic E-state index is 12.0. The molecule has 0 atom stereocenters. The number of nitrogens with one attached hydrogen (secondary N) is 1. The summed E-state index contributed by atoms with van der Waals surface area (Å²) >= 11 is 0. The molecular formula is C13H17N3O2. The van der Waals surface area contributed by atoms with Gasteiger partial charge in [0, 0.05) is 13.1 Å². The number of nitrogens with zero attached hydrogens (tertiary/aromatic N) is 2. The molecule has 1 N–H and O–H groups in total. The summed E-state index contributed by atoms with van der Waals surface area (Å²) < 4.78 is 5.11. The number of aromatic amines is 1. The van der Waals surface area contributed by atoms with Crippen molar-refractivity contribution in [1.29, 1.82) is 0 Å². The summed E-state index contributed by atoms with van der Waals surface area (Å²) in [5.41, 5.74) is 0.544. The minimum absolute atomic E-state index is 0.138. The van der Waals surface area contributed by atoms with Crippen LogP contribution in [0.3, 0.4) is 0 Å². The molecule has 0 fully saturated rings. The van der Waals surface area contributed by atoms with E-state index < -0.39 is 0 Å². The summed E-state index contributed by atoms with van der Waals surface area (Å²) in [5, 5.41) is 0.547. The van der Waals surface area contributed by atoms with Crippen molar-refractivity contribution in [3.63, 3.8) is 0 Å². The molecular weight excluding hydrogens is 230 g/mol. The Bertz CT molecular complexity index is 603. The van der Waals surface area contributed by atoms with Crippen LogP contribution < -0.4 is 15.2 Å². The predicted molar refractivity (Wildman–Crippen MR) is 72.5 cm³/mol. The Hall–Kier alpha value is -2.04. The molecule has 5 heteroatoms. The number of ether oxygens (including phenoxy) is 1. The Morgan fingerprint density at radius 1 is 1.33 bits per heavy atom. The first-order chi connectivity index (χ1) is 8.69. The molecule has 2 aromatic rings. The highest BCUT2D eigenvalue weighted by atomic mass is 16.5. The molecule has 0 bridgehead atoms. The van der Waals surface area contributed by atoms with Crippen molar-refractivity contribution in [2.45, 2.75) is 13.8 Å². The highest BCUT2D eigenvalue weighted by Crippen LogP contribution is 2.17. The third-order valence-electron chi connectivity index (χ3n) is 2.96. The Kier molecular flexibility index (Phi) is 3.50. The SMILES string of the molecule is CCN(CC)c1nc2ccc(OC)cc2c(=O)[nH]1. The number of benzene rings is 1. The molecule has 1 heterocycles. The maximum absolute atomic E-state index is 12.0. The van der Waals surface area contributed by atoms with Gasteiger partial charge in [-0.2, -0.15) is 0 Å². The molecule has 0 saturated carbocycles. The molecule has 18 heavy (non-hydrogen) atoms. The quantitative estimate of drug-likeness (QED) is 0.894. The van der Waals surface area contributed by atoms with Gasteiger partial charge in [0.25, 0.3) is 5.56 Å². The van der Waals surface area contributed by atoms with Gasteiger partial charge in [-0.05, 0) is 32.0 Å². The van der Waals surface area contributed by atoms with E-state index >= 15 is 0 Å². The minimum atomic E-state index is -0.138. The number of hydrogen-bond acceptors (Lipinski definition) is 4. The summed E-state index contributed by atoms with van der Waals surface area (Å²) in [6.07, 6.45) is 0. The Balaban J connectivity index is 2.60. The number of methoxy groups -OCH3 is 1. The van der Waals surface area contributed by atoms with Gasteiger partial charge in [0.05, 0.1) is 18.0 Å². The second-order valence-corrected chi connectivity index (χ2v) is 3.94. The van der Waals surface area contributed by atoms with Crippen LogP contribution in [0.2, 0.25) is 0 Å². The number of hydrogen-bond donors (Lipinski definition) is 1. The molecule has 0 spiro atoms. The van der Waals surface area contributed by atoms with E-state index in [4.69, 9.17) is 4.74 Å². The van der Waals surface area contributed by atoms with Crippen molar-refractivity contribution in [2.24, 2.45) is 0 Å². The highest BCUT2D eigenvalue weighted by molar-refractivity contribution is 5.80. The van der Waals surface area contributed by atoms with Crippen molar-refractivity contribution in [2.75, 3.05) is 25.1 Å². The largest absolute Gasteiger partial charge is 0.497 e.